The molecule has 0 saturated carbocycles. The molecular formula is C16H29NO2S. The lowest BCUT2D eigenvalue weighted by Crippen LogP contribution is -2.39. The maximum atomic E-state index is 11.9. The van der Waals surface area contributed by atoms with Crippen molar-refractivity contribution in [2.75, 3.05) is 6.54 Å². The number of fused-ring (bicyclic) bond motifs is 1. The highest BCUT2D eigenvalue weighted by atomic mass is 32.1. The third-order valence-electron chi connectivity index (χ3n) is 2.46. The molecule has 1 aromatic rings. The van der Waals surface area contributed by atoms with E-state index in [2.05, 4.69) is 11.4 Å². The summed E-state index contributed by atoms with van der Waals surface area (Å²) in [5.74, 6) is 0. The van der Waals surface area contributed by atoms with Gasteiger partial charge in [0.05, 0.1) is 6.54 Å². The Labute approximate surface area is 127 Å². The van der Waals surface area contributed by atoms with E-state index in [9.17, 15) is 4.79 Å². The summed E-state index contributed by atoms with van der Waals surface area (Å²) in [6.07, 6.45) is 0.746. The first-order chi connectivity index (χ1) is 9.46. The van der Waals surface area contributed by atoms with E-state index in [1.165, 1.54) is 10.4 Å². The average Bonchev–Trinajstić information content (AvgIpc) is 2.88. The van der Waals surface area contributed by atoms with Gasteiger partial charge < -0.3 is 9.64 Å². The first-order valence-electron chi connectivity index (χ1n) is 7.49. The zero-order valence-electron chi connectivity index (χ0n) is 13.9. The summed E-state index contributed by atoms with van der Waals surface area (Å²) >= 11 is 1.77. The molecule has 0 unspecified atom stereocenters. The molecule has 1 aromatic heterocycles. The van der Waals surface area contributed by atoms with Crippen LogP contribution in [0.4, 0.5) is 4.79 Å². The van der Waals surface area contributed by atoms with Crippen molar-refractivity contribution in [3.05, 3.63) is 21.9 Å². The van der Waals surface area contributed by atoms with Crippen molar-refractivity contribution in [3.8, 4) is 0 Å². The molecule has 0 bridgehead atoms. The molecule has 0 aromatic carbocycles. The molecule has 4 heteroatoms. The van der Waals surface area contributed by atoms with Gasteiger partial charge in [-0.1, -0.05) is 27.7 Å². The van der Waals surface area contributed by atoms with Gasteiger partial charge in [-0.05, 0) is 44.2 Å². The highest BCUT2D eigenvalue weighted by molar-refractivity contribution is 7.10. The van der Waals surface area contributed by atoms with E-state index in [1.807, 2.05) is 48.5 Å². The Kier molecular flexibility index (Phi) is 8.54. The number of carbonyl (C=O) groups excluding carboxylic acids is 1. The lowest BCUT2D eigenvalue weighted by molar-refractivity contribution is 0.0225. The smallest absolute Gasteiger partial charge is 0.410 e. The Morgan fingerprint density at radius 3 is 2.40 bits per heavy atom. The first-order valence-corrected chi connectivity index (χ1v) is 8.37. The van der Waals surface area contributed by atoms with Crippen LogP contribution in [0, 0.1) is 0 Å². The molecule has 2 heterocycles. The van der Waals surface area contributed by atoms with Gasteiger partial charge in [-0.15, -0.1) is 11.3 Å². The van der Waals surface area contributed by atoms with Crippen LogP contribution in [0.1, 0.15) is 58.9 Å². The molecule has 0 atom stereocenters. The normalized spacial score (nSPS) is 13.2. The number of hydrogen-bond donors (Lipinski definition) is 0. The number of thiophene rings is 1. The monoisotopic (exact) mass is 299 g/mol. The first kappa shape index (κ1) is 19.0. The molecule has 116 valence electrons. The average molecular weight is 299 g/mol. The number of nitrogens with zero attached hydrogens (tertiary/aromatic N) is 1. The highest BCUT2D eigenvalue weighted by Crippen LogP contribution is 2.25. The van der Waals surface area contributed by atoms with E-state index in [1.54, 1.807) is 16.2 Å². The topological polar surface area (TPSA) is 29.5 Å². The third kappa shape index (κ3) is 5.95. The van der Waals surface area contributed by atoms with Crippen LogP contribution in [-0.2, 0) is 17.7 Å². The van der Waals surface area contributed by atoms with Crippen LogP contribution in [0.5, 0.6) is 0 Å². The zero-order valence-corrected chi connectivity index (χ0v) is 14.8. The molecule has 0 aliphatic carbocycles. The van der Waals surface area contributed by atoms with E-state index in [0.29, 0.717) is 6.54 Å². The molecule has 2 rings (SSSR count). The summed E-state index contributed by atoms with van der Waals surface area (Å²) < 4.78 is 5.36. The largest absolute Gasteiger partial charge is 0.444 e. The number of ether oxygens (including phenoxy) is 1. The zero-order chi connectivity index (χ0) is 15.8. The predicted molar refractivity (Wildman–Crippen MR) is 87.4 cm³/mol. The summed E-state index contributed by atoms with van der Waals surface area (Å²) in [5.41, 5.74) is 0.855. The van der Waals surface area contributed by atoms with Crippen molar-refractivity contribution >= 4 is 17.4 Å². The third-order valence-corrected chi connectivity index (χ3v) is 3.48. The molecule has 3 nitrogen and oxygen atoms in total. The van der Waals surface area contributed by atoms with Crippen molar-refractivity contribution in [1.29, 1.82) is 0 Å². The summed E-state index contributed by atoms with van der Waals surface area (Å²) in [6.45, 7) is 15.1. The van der Waals surface area contributed by atoms with Crippen LogP contribution in [0.15, 0.2) is 11.4 Å². The van der Waals surface area contributed by atoms with Gasteiger partial charge in [0, 0.05) is 11.4 Å². The van der Waals surface area contributed by atoms with Gasteiger partial charge in [0.15, 0.2) is 0 Å². The fourth-order valence-corrected chi connectivity index (χ4v) is 2.62. The summed E-state index contributed by atoms with van der Waals surface area (Å²) in [5, 5.41) is 2.09. The number of amides is 1. The molecular weight excluding hydrogens is 270 g/mol. The minimum Gasteiger partial charge on any atom is -0.444 e. The maximum Gasteiger partial charge on any atom is 0.410 e. The quantitative estimate of drug-likeness (QED) is 0.667. The van der Waals surface area contributed by atoms with Crippen LogP contribution in [0.25, 0.3) is 0 Å². The summed E-state index contributed by atoms with van der Waals surface area (Å²) in [6, 6.07) is 2.09. The molecule has 0 spiro atoms. The number of carbonyl (C=O) groups is 1. The molecule has 0 fully saturated rings. The Balaban J connectivity index is 0.000000829. The van der Waals surface area contributed by atoms with Crippen LogP contribution < -0.4 is 0 Å². The number of rotatable bonds is 0. The Hall–Kier alpha value is -1.03. The standard InChI is InChI=1S/C12H17NO2S.2C2H6/c1-12(2,3)15-11(14)13-6-4-10-9(8-13)5-7-16-10;2*1-2/h5,7H,4,6,8H2,1-3H3;2*1-2H3. The lowest BCUT2D eigenvalue weighted by atomic mass is 10.1. The second kappa shape index (κ2) is 9.01. The molecule has 0 saturated heterocycles. The fraction of sp³-hybridized carbons (Fsp3) is 0.688. The Morgan fingerprint density at radius 2 is 1.85 bits per heavy atom. The van der Waals surface area contributed by atoms with Gasteiger partial charge in [0.2, 0.25) is 0 Å². The minimum atomic E-state index is -0.411. The van der Waals surface area contributed by atoms with Gasteiger partial charge in [-0.2, -0.15) is 0 Å². The maximum absolute atomic E-state index is 11.9. The Bertz CT molecular complexity index is 393. The van der Waals surface area contributed by atoms with E-state index < -0.39 is 5.60 Å². The van der Waals surface area contributed by atoms with Crippen LogP contribution >= 0.6 is 11.3 Å². The molecule has 0 radical (unpaired) electrons. The van der Waals surface area contributed by atoms with Crippen LogP contribution in [-0.4, -0.2) is 23.1 Å². The molecule has 1 amide bonds. The summed E-state index contributed by atoms with van der Waals surface area (Å²) in [7, 11) is 0. The van der Waals surface area contributed by atoms with Crippen molar-refractivity contribution in [2.45, 2.75) is 67.0 Å². The second-order valence-corrected chi connectivity index (χ2v) is 6.02. The van der Waals surface area contributed by atoms with Crippen LogP contribution in [0.3, 0.4) is 0 Å². The van der Waals surface area contributed by atoms with Gasteiger partial charge in [0.1, 0.15) is 5.60 Å². The lowest BCUT2D eigenvalue weighted by Gasteiger charge is -2.29. The van der Waals surface area contributed by atoms with E-state index in [4.69, 9.17) is 4.74 Å². The van der Waals surface area contributed by atoms with E-state index in [-0.39, 0.29) is 6.09 Å². The van der Waals surface area contributed by atoms with Crippen molar-refractivity contribution in [3.63, 3.8) is 0 Å². The van der Waals surface area contributed by atoms with Crippen molar-refractivity contribution in [2.24, 2.45) is 0 Å². The van der Waals surface area contributed by atoms with Gasteiger partial charge in [0.25, 0.3) is 0 Å². The van der Waals surface area contributed by atoms with Crippen LogP contribution in [0.2, 0.25) is 0 Å². The highest BCUT2D eigenvalue weighted by Gasteiger charge is 2.25. The minimum absolute atomic E-state index is 0.204. The Morgan fingerprint density at radius 1 is 1.25 bits per heavy atom. The molecule has 0 N–H and O–H groups in total. The number of hydrogen-bond acceptors (Lipinski definition) is 3. The molecule has 1 aliphatic rings. The van der Waals surface area contributed by atoms with Crippen molar-refractivity contribution < 1.29 is 9.53 Å². The van der Waals surface area contributed by atoms with Gasteiger partial charge >= 0.3 is 6.09 Å². The van der Waals surface area contributed by atoms with Gasteiger partial charge in [-0.3, -0.25) is 0 Å². The van der Waals surface area contributed by atoms with Crippen molar-refractivity contribution in [1.82, 2.24) is 4.90 Å². The van der Waals surface area contributed by atoms with E-state index in [0.717, 1.165) is 13.0 Å². The second-order valence-electron chi connectivity index (χ2n) is 5.02. The van der Waals surface area contributed by atoms with Gasteiger partial charge in [-0.25, -0.2) is 4.79 Å². The molecule has 20 heavy (non-hydrogen) atoms. The summed E-state index contributed by atoms with van der Waals surface area (Å²) in [4.78, 5) is 15.0. The molecule has 1 aliphatic heterocycles. The van der Waals surface area contributed by atoms with E-state index >= 15 is 0 Å². The predicted octanol–water partition coefficient (Wildman–Crippen LogP) is 5.09. The SMILES string of the molecule is CC.CC.CC(C)(C)OC(=O)N1CCc2sccc2C1. The fourth-order valence-electron chi connectivity index (χ4n) is 1.73.